The van der Waals surface area contributed by atoms with Crippen molar-refractivity contribution >= 4 is 15.7 Å². The SMILES string of the molecule is CCOc1cccc(CN(C)S(=O)(=O)c2ccccc2[N+](=O)[O-])c1. The molecule has 0 spiro atoms. The van der Waals surface area contributed by atoms with Crippen LogP contribution in [0, 0.1) is 10.1 Å². The lowest BCUT2D eigenvalue weighted by Gasteiger charge is -2.17. The lowest BCUT2D eigenvalue weighted by atomic mass is 10.2. The number of nitro groups is 1. The molecular formula is C16H18N2O5S. The summed E-state index contributed by atoms with van der Waals surface area (Å²) in [6, 6.07) is 12.4. The van der Waals surface area contributed by atoms with Gasteiger partial charge in [0.1, 0.15) is 5.75 Å². The van der Waals surface area contributed by atoms with Gasteiger partial charge in [-0.25, -0.2) is 8.42 Å². The topological polar surface area (TPSA) is 89.8 Å². The summed E-state index contributed by atoms with van der Waals surface area (Å²) in [5.41, 5.74) is 0.290. The largest absolute Gasteiger partial charge is 0.494 e. The predicted molar refractivity (Wildman–Crippen MR) is 89.4 cm³/mol. The smallest absolute Gasteiger partial charge is 0.289 e. The van der Waals surface area contributed by atoms with Crippen LogP contribution in [-0.4, -0.2) is 31.3 Å². The number of ether oxygens (including phenoxy) is 1. The van der Waals surface area contributed by atoms with Crippen molar-refractivity contribution in [1.82, 2.24) is 4.31 Å². The second-order valence-electron chi connectivity index (χ2n) is 5.07. The van der Waals surface area contributed by atoms with E-state index in [0.717, 1.165) is 9.87 Å². The quantitative estimate of drug-likeness (QED) is 0.566. The molecule has 0 atom stereocenters. The van der Waals surface area contributed by atoms with Gasteiger partial charge in [-0.3, -0.25) is 10.1 Å². The highest BCUT2D eigenvalue weighted by Crippen LogP contribution is 2.26. The maximum Gasteiger partial charge on any atom is 0.289 e. The summed E-state index contributed by atoms with van der Waals surface area (Å²) in [6.45, 7) is 2.45. The molecule has 0 N–H and O–H groups in total. The summed E-state index contributed by atoms with van der Waals surface area (Å²) in [7, 11) is -2.60. The lowest BCUT2D eigenvalue weighted by molar-refractivity contribution is -0.387. The van der Waals surface area contributed by atoms with Gasteiger partial charge in [-0.15, -0.1) is 0 Å². The molecule has 0 aliphatic rings. The maximum atomic E-state index is 12.7. The molecule has 0 fully saturated rings. The number of nitrogens with zero attached hydrogens (tertiary/aromatic N) is 2. The minimum atomic E-state index is -3.99. The summed E-state index contributed by atoms with van der Waals surface area (Å²) < 4.78 is 31.8. The lowest BCUT2D eigenvalue weighted by Crippen LogP contribution is -2.27. The van der Waals surface area contributed by atoms with E-state index in [-0.39, 0.29) is 11.4 Å². The van der Waals surface area contributed by atoms with Gasteiger partial charge in [-0.1, -0.05) is 24.3 Å². The van der Waals surface area contributed by atoms with Gasteiger partial charge in [0.05, 0.1) is 11.5 Å². The molecule has 0 saturated carbocycles. The molecule has 0 unspecified atom stereocenters. The normalized spacial score (nSPS) is 11.5. The fraction of sp³-hybridized carbons (Fsp3) is 0.250. The third-order valence-electron chi connectivity index (χ3n) is 3.36. The summed E-state index contributed by atoms with van der Waals surface area (Å²) >= 11 is 0. The third-order valence-corrected chi connectivity index (χ3v) is 5.22. The first kappa shape index (κ1) is 17.9. The zero-order valence-electron chi connectivity index (χ0n) is 13.4. The molecule has 0 heterocycles. The van der Waals surface area contributed by atoms with E-state index < -0.39 is 20.6 Å². The van der Waals surface area contributed by atoms with Crippen molar-refractivity contribution < 1.29 is 18.1 Å². The van der Waals surface area contributed by atoms with Crippen molar-refractivity contribution in [2.75, 3.05) is 13.7 Å². The van der Waals surface area contributed by atoms with Crippen molar-refractivity contribution in [3.63, 3.8) is 0 Å². The minimum Gasteiger partial charge on any atom is -0.494 e. The number of rotatable bonds is 7. The average molecular weight is 350 g/mol. The molecule has 0 aliphatic carbocycles. The highest BCUT2D eigenvalue weighted by molar-refractivity contribution is 7.89. The number of nitro benzene ring substituents is 1. The zero-order chi connectivity index (χ0) is 17.7. The fourth-order valence-electron chi connectivity index (χ4n) is 2.24. The van der Waals surface area contributed by atoms with Crippen LogP contribution >= 0.6 is 0 Å². The first-order chi connectivity index (χ1) is 11.4. The molecule has 2 aromatic carbocycles. The van der Waals surface area contributed by atoms with Crippen LogP contribution in [0.25, 0.3) is 0 Å². The maximum absolute atomic E-state index is 12.7. The Bertz CT molecular complexity index is 836. The number of para-hydroxylation sites is 1. The molecule has 7 nitrogen and oxygen atoms in total. The van der Waals surface area contributed by atoms with Crippen molar-refractivity contribution in [2.24, 2.45) is 0 Å². The van der Waals surface area contributed by atoms with Crippen molar-refractivity contribution in [1.29, 1.82) is 0 Å². The molecule has 0 amide bonds. The van der Waals surface area contributed by atoms with Gasteiger partial charge in [0, 0.05) is 19.7 Å². The molecule has 8 heteroatoms. The van der Waals surface area contributed by atoms with Gasteiger partial charge in [0.2, 0.25) is 10.0 Å². The van der Waals surface area contributed by atoms with E-state index >= 15 is 0 Å². The van der Waals surface area contributed by atoms with Crippen LogP contribution in [0.2, 0.25) is 0 Å². The number of hydrogen-bond donors (Lipinski definition) is 0. The monoisotopic (exact) mass is 350 g/mol. The van der Waals surface area contributed by atoms with Crippen molar-refractivity contribution in [2.45, 2.75) is 18.4 Å². The van der Waals surface area contributed by atoms with E-state index in [1.807, 2.05) is 6.92 Å². The molecule has 0 aromatic heterocycles. The van der Waals surface area contributed by atoms with Crippen molar-refractivity contribution in [3.8, 4) is 5.75 Å². The van der Waals surface area contributed by atoms with Crippen LogP contribution < -0.4 is 4.74 Å². The molecule has 0 saturated heterocycles. The van der Waals surface area contributed by atoms with Gasteiger partial charge in [0.15, 0.2) is 4.90 Å². The summed E-state index contributed by atoms with van der Waals surface area (Å²) in [5, 5.41) is 11.1. The molecular weight excluding hydrogens is 332 g/mol. The fourth-order valence-corrected chi connectivity index (χ4v) is 3.55. The van der Waals surface area contributed by atoms with E-state index in [2.05, 4.69) is 0 Å². The minimum absolute atomic E-state index is 0.0787. The highest BCUT2D eigenvalue weighted by Gasteiger charge is 2.29. The van der Waals surface area contributed by atoms with E-state index in [4.69, 9.17) is 4.74 Å². The van der Waals surface area contributed by atoms with E-state index in [1.165, 1.54) is 31.3 Å². The number of sulfonamides is 1. The Balaban J connectivity index is 2.30. The first-order valence-corrected chi connectivity index (χ1v) is 8.71. The predicted octanol–water partition coefficient (Wildman–Crippen LogP) is 2.81. The van der Waals surface area contributed by atoms with Gasteiger partial charge >= 0.3 is 0 Å². The zero-order valence-corrected chi connectivity index (χ0v) is 14.2. The first-order valence-electron chi connectivity index (χ1n) is 7.27. The summed E-state index contributed by atoms with van der Waals surface area (Å²) in [5.74, 6) is 0.645. The van der Waals surface area contributed by atoms with Crippen molar-refractivity contribution in [3.05, 3.63) is 64.2 Å². The van der Waals surface area contributed by atoms with Crippen LogP contribution in [0.4, 0.5) is 5.69 Å². The number of benzene rings is 2. The summed E-state index contributed by atoms with van der Waals surface area (Å²) in [4.78, 5) is 10.1. The molecule has 2 aromatic rings. The van der Waals surface area contributed by atoms with Crippen LogP contribution in [0.15, 0.2) is 53.4 Å². The second kappa shape index (κ2) is 7.41. The summed E-state index contributed by atoms with van der Waals surface area (Å²) in [6.07, 6.45) is 0. The third kappa shape index (κ3) is 3.90. The van der Waals surface area contributed by atoms with Gasteiger partial charge in [0.25, 0.3) is 5.69 Å². The Morgan fingerprint density at radius 1 is 1.17 bits per heavy atom. The van der Waals surface area contributed by atoms with Crippen LogP contribution in [0.3, 0.4) is 0 Å². The van der Waals surface area contributed by atoms with Gasteiger partial charge < -0.3 is 4.74 Å². The van der Waals surface area contributed by atoms with Crippen LogP contribution in [-0.2, 0) is 16.6 Å². The molecule has 0 aliphatic heterocycles. The number of hydrogen-bond acceptors (Lipinski definition) is 5. The Morgan fingerprint density at radius 2 is 1.88 bits per heavy atom. The Kier molecular flexibility index (Phi) is 5.53. The molecule has 24 heavy (non-hydrogen) atoms. The Morgan fingerprint density at radius 3 is 2.54 bits per heavy atom. The van der Waals surface area contributed by atoms with Crippen LogP contribution in [0.5, 0.6) is 5.75 Å². The highest BCUT2D eigenvalue weighted by atomic mass is 32.2. The van der Waals surface area contributed by atoms with Gasteiger partial charge in [-0.05, 0) is 30.7 Å². The van der Waals surface area contributed by atoms with E-state index in [1.54, 1.807) is 24.3 Å². The molecule has 0 bridgehead atoms. The molecule has 128 valence electrons. The Labute approximate surface area is 140 Å². The second-order valence-corrected chi connectivity index (χ2v) is 7.08. The van der Waals surface area contributed by atoms with Crippen LogP contribution in [0.1, 0.15) is 12.5 Å². The molecule has 2 rings (SSSR count). The van der Waals surface area contributed by atoms with E-state index in [9.17, 15) is 18.5 Å². The standard InChI is InChI=1S/C16H18N2O5S/c1-3-23-14-8-6-7-13(11-14)12-17(2)24(21,22)16-10-5-4-9-15(16)18(19)20/h4-11H,3,12H2,1-2H3. The van der Waals surface area contributed by atoms with E-state index in [0.29, 0.717) is 12.4 Å². The Hall–Kier alpha value is -2.45. The average Bonchev–Trinajstić information content (AvgIpc) is 2.55. The van der Waals surface area contributed by atoms with Gasteiger partial charge in [-0.2, -0.15) is 4.31 Å². The molecule has 0 radical (unpaired) electrons.